The number of likely N-dealkylation sites (tertiary alicyclic amines) is 1. The lowest BCUT2D eigenvalue weighted by atomic mass is 9.85. The number of nitrogens with zero attached hydrogens (tertiary/aromatic N) is 3. The van der Waals surface area contributed by atoms with Crippen molar-refractivity contribution in [2.24, 2.45) is 13.0 Å². The summed E-state index contributed by atoms with van der Waals surface area (Å²) in [6, 6.07) is -0.445. The summed E-state index contributed by atoms with van der Waals surface area (Å²) in [5, 5.41) is 13.8. The van der Waals surface area contributed by atoms with Crippen LogP contribution in [0, 0.1) is 5.92 Å². The molecule has 0 spiro atoms. The van der Waals surface area contributed by atoms with Crippen molar-refractivity contribution in [2.75, 3.05) is 13.2 Å². The molecule has 1 aliphatic carbocycles. The highest BCUT2D eigenvalue weighted by atomic mass is 16.5. The fourth-order valence-electron chi connectivity index (χ4n) is 4.02. The first-order valence-electron chi connectivity index (χ1n) is 9.18. The van der Waals surface area contributed by atoms with Crippen LogP contribution in [0.3, 0.4) is 0 Å². The average Bonchev–Trinajstić information content (AvgIpc) is 3.23. The smallest absolute Gasteiger partial charge is 0.308 e. The van der Waals surface area contributed by atoms with E-state index in [4.69, 9.17) is 4.74 Å². The molecule has 7 heteroatoms. The molecular formula is C18H27N3O4. The summed E-state index contributed by atoms with van der Waals surface area (Å²) in [4.78, 5) is 25.9. The third kappa shape index (κ3) is 4.21. The molecule has 138 valence electrons. The number of piperidine rings is 1. The zero-order valence-electron chi connectivity index (χ0n) is 14.8. The number of hydrogen-bond donors (Lipinski definition) is 1. The molecular weight excluding hydrogens is 322 g/mol. The Bertz CT molecular complexity index is 609. The van der Waals surface area contributed by atoms with Crippen LogP contribution in [0.5, 0.6) is 0 Å². The predicted octanol–water partition coefficient (Wildman–Crippen LogP) is 2.13. The van der Waals surface area contributed by atoms with E-state index in [1.807, 2.05) is 0 Å². The third-order valence-corrected chi connectivity index (χ3v) is 5.29. The first kappa shape index (κ1) is 17.9. The topological polar surface area (TPSA) is 84.7 Å². The lowest BCUT2D eigenvalue weighted by molar-refractivity contribution is -0.152. The van der Waals surface area contributed by atoms with Crippen molar-refractivity contribution in [3.63, 3.8) is 0 Å². The Hall–Kier alpha value is -1.89. The van der Waals surface area contributed by atoms with Crippen molar-refractivity contribution in [2.45, 2.75) is 57.1 Å². The Balaban J connectivity index is 1.66. The van der Waals surface area contributed by atoms with Crippen LogP contribution in [-0.2, 0) is 21.4 Å². The van der Waals surface area contributed by atoms with Crippen LogP contribution in [0.15, 0.2) is 12.4 Å². The fraction of sp³-hybridized carbons (Fsp3) is 0.722. The fourth-order valence-corrected chi connectivity index (χ4v) is 4.02. The number of aryl methyl sites for hydroxylation is 1. The molecule has 7 nitrogen and oxygen atoms in total. The summed E-state index contributed by atoms with van der Waals surface area (Å²) in [7, 11) is 1.80. The van der Waals surface area contributed by atoms with Crippen LogP contribution >= 0.6 is 0 Å². The molecule has 0 bridgehead atoms. The minimum atomic E-state index is -0.853. The maximum absolute atomic E-state index is 12.5. The van der Waals surface area contributed by atoms with Crippen LogP contribution in [0.1, 0.15) is 56.6 Å². The number of ether oxygens (including phenoxy) is 1. The SMILES string of the molecule is Cn1cc([C@H]2[C@H](C(=O)O)CCC(=O)N2CCCOC2CCCC2)cn1. The maximum atomic E-state index is 12.5. The molecule has 3 rings (SSSR count). The van der Waals surface area contributed by atoms with Crippen LogP contribution in [-0.4, -0.2) is 50.9 Å². The van der Waals surface area contributed by atoms with Gasteiger partial charge in [-0.3, -0.25) is 14.3 Å². The zero-order valence-corrected chi connectivity index (χ0v) is 14.8. The molecule has 1 aromatic heterocycles. The lowest BCUT2D eigenvalue weighted by Gasteiger charge is -2.39. The van der Waals surface area contributed by atoms with Gasteiger partial charge in [0.1, 0.15) is 0 Å². The molecule has 2 fully saturated rings. The van der Waals surface area contributed by atoms with Gasteiger partial charge in [0.05, 0.1) is 24.3 Å². The minimum absolute atomic E-state index is 0.0206. The summed E-state index contributed by atoms with van der Waals surface area (Å²) < 4.78 is 7.53. The second-order valence-corrected chi connectivity index (χ2v) is 7.09. The van der Waals surface area contributed by atoms with Crippen molar-refractivity contribution in [3.8, 4) is 0 Å². The molecule has 0 radical (unpaired) electrons. The van der Waals surface area contributed by atoms with Gasteiger partial charge in [-0.15, -0.1) is 0 Å². The highest BCUT2D eigenvalue weighted by molar-refractivity contribution is 5.81. The van der Waals surface area contributed by atoms with Gasteiger partial charge in [0, 0.05) is 38.4 Å². The number of carboxylic acid groups (broad SMARTS) is 1. The minimum Gasteiger partial charge on any atom is -0.481 e. The van der Waals surface area contributed by atoms with E-state index in [9.17, 15) is 14.7 Å². The summed E-state index contributed by atoms with van der Waals surface area (Å²) in [6.07, 6.45) is 9.95. The molecule has 0 unspecified atom stereocenters. The number of aromatic nitrogens is 2. The van der Waals surface area contributed by atoms with E-state index in [-0.39, 0.29) is 12.3 Å². The van der Waals surface area contributed by atoms with Gasteiger partial charge >= 0.3 is 5.97 Å². The van der Waals surface area contributed by atoms with E-state index < -0.39 is 17.9 Å². The monoisotopic (exact) mass is 349 g/mol. The number of carboxylic acids is 1. The third-order valence-electron chi connectivity index (χ3n) is 5.29. The van der Waals surface area contributed by atoms with Crippen LogP contribution in [0.4, 0.5) is 0 Å². The van der Waals surface area contributed by atoms with E-state index in [1.54, 1.807) is 29.0 Å². The lowest BCUT2D eigenvalue weighted by Crippen LogP contribution is -2.45. The van der Waals surface area contributed by atoms with Crippen LogP contribution in [0.25, 0.3) is 0 Å². The quantitative estimate of drug-likeness (QED) is 0.762. The number of hydrogen-bond acceptors (Lipinski definition) is 4. The molecule has 1 aromatic rings. The molecule has 1 saturated carbocycles. The van der Waals surface area contributed by atoms with Gasteiger partial charge in [0.15, 0.2) is 0 Å². The van der Waals surface area contributed by atoms with E-state index >= 15 is 0 Å². The highest BCUT2D eigenvalue weighted by Crippen LogP contribution is 2.36. The predicted molar refractivity (Wildman–Crippen MR) is 90.8 cm³/mol. The van der Waals surface area contributed by atoms with Gasteiger partial charge in [0.2, 0.25) is 5.91 Å². The van der Waals surface area contributed by atoms with Crippen molar-refractivity contribution < 1.29 is 19.4 Å². The Morgan fingerprint density at radius 2 is 2.12 bits per heavy atom. The average molecular weight is 349 g/mol. The van der Waals surface area contributed by atoms with E-state index in [0.29, 0.717) is 25.7 Å². The van der Waals surface area contributed by atoms with Gasteiger partial charge in [-0.25, -0.2) is 0 Å². The number of carbonyl (C=O) groups excluding carboxylic acids is 1. The van der Waals surface area contributed by atoms with Gasteiger partial charge in [0.25, 0.3) is 0 Å². The van der Waals surface area contributed by atoms with E-state index in [1.165, 1.54) is 12.8 Å². The Kier molecular flexibility index (Phi) is 5.73. The van der Waals surface area contributed by atoms with Crippen molar-refractivity contribution in [1.29, 1.82) is 0 Å². The second kappa shape index (κ2) is 7.99. The number of carbonyl (C=O) groups is 2. The standard InChI is InChI=1S/C18H27N3O4/c1-20-12-13(11-19-20)17-15(18(23)24)7-8-16(22)21(17)9-4-10-25-14-5-2-3-6-14/h11-12,14-15,17H,2-10H2,1H3,(H,23,24)/t15-,17+/m1/s1. The molecule has 0 aromatic carbocycles. The van der Waals surface area contributed by atoms with E-state index in [0.717, 1.165) is 24.8 Å². The van der Waals surface area contributed by atoms with Crippen molar-refractivity contribution >= 4 is 11.9 Å². The van der Waals surface area contributed by atoms with Crippen LogP contribution in [0.2, 0.25) is 0 Å². The number of aliphatic carboxylic acids is 1. The van der Waals surface area contributed by atoms with Crippen molar-refractivity contribution in [1.82, 2.24) is 14.7 Å². The molecule has 2 atom stereocenters. The molecule has 2 heterocycles. The Morgan fingerprint density at radius 1 is 1.36 bits per heavy atom. The Morgan fingerprint density at radius 3 is 2.76 bits per heavy atom. The van der Waals surface area contributed by atoms with Crippen LogP contribution < -0.4 is 0 Å². The first-order valence-corrected chi connectivity index (χ1v) is 9.18. The first-order chi connectivity index (χ1) is 12.1. The molecule has 2 aliphatic rings. The van der Waals surface area contributed by atoms with Gasteiger partial charge in [-0.2, -0.15) is 5.10 Å². The summed E-state index contributed by atoms with van der Waals surface area (Å²) >= 11 is 0. The normalized spacial score (nSPS) is 24.8. The molecule has 1 aliphatic heterocycles. The van der Waals surface area contributed by atoms with Crippen molar-refractivity contribution in [3.05, 3.63) is 18.0 Å². The summed E-state index contributed by atoms with van der Waals surface area (Å²) in [5.41, 5.74) is 0.791. The number of rotatable bonds is 7. The number of amides is 1. The molecule has 1 N–H and O–H groups in total. The zero-order chi connectivity index (χ0) is 17.8. The molecule has 25 heavy (non-hydrogen) atoms. The highest BCUT2D eigenvalue weighted by Gasteiger charge is 2.41. The second-order valence-electron chi connectivity index (χ2n) is 7.09. The van der Waals surface area contributed by atoms with Gasteiger partial charge in [-0.05, 0) is 25.7 Å². The molecule has 1 amide bonds. The molecule has 1 saturated heterocycles. The largest absolute Gasteiger partial charge is 0.481 e. The Labute approximate surface area is 147 Å². The van der Waals surface area contributed by atoms with Gasteiger partial charge in [-0.1, -0.05) is 12.8 Å². The van der Waals surface area contributed by atoms with E-state index in [2.05, 4.69) is 5.10 Å². The summed E-state index contributed by atoms with van der Waals surface area (Å²) in [5.74, 6) is -1.42. The summed E-state index contributed by atoms with van der Waals surface area (Å²) in [6.45, 7) is 1.14. The van der Waals surface area contributed by atoms with Gasteiger partial charge < -0.3 is 14.7 Å². The maximum Gasteiger partial charge on any atom is 0.308 e.